The second kappa shape index (κ2) is 6.40. The fourth-order valence-corrected chi connectivity index (χ4v) is 1.99. The molecule has 1 aliphatic carbocycles. The molecule has 3 nitrogen and oxygen atoms in total. The Morgan fingerprint density at radius 2 is 2.32 bits per heavy atom. The fourth-order valence-electron chi connectivity index (χ4n) is 1.99. The van der Waals surface area contributed by atoms with Crippen LogP contribution in [0.1, 0.15) is 30.9 Å². The monoisotopic (exact) mass is 257 g/mol. The number of amides is 1. The first kappa shape index (κ1) is 13.6. The van der Waals surface area contributed by atoms with E-state index in [1.165, 1.54) is 0 Å². The average Bonchev–Trinajstić information content (AvgIpc) is 3.14. The number of nitrogens with one attached hydrogen (secondary N) is 1. The number of aliphatic hydroxyl groups excluding tert-OH is 1. The quantitative estimate of drug-likeness (QED) is 0.806. The van der Waals surface area contributed by atoms with E-state index in [0.717, 1.165) is 17.5 Å². The molecule has 0 spiro atoms. The smallest absolute Gasteiger partial charge is 0.223 e. The van der Waals surface area contributed by atoms with Crippen LogP contribution in [0, 0.1) is 23.7 Å². The van der Waals surface area contributed by atoms with Gasteiger partial charge in [-0.15, -0.1) is 0 Å². The third-order valence-electron chi connectivity index (χ3n) is 3.31. The summed E-state index contributed by atoms with van der Waals surface area (Å²) in [5, 5.41) is 11.6. The van der Waals surface area contributed by atoms with Crippen molar-refractivity contribution in [2.75, 3.05) is 6.61 Å². The van der Waals surface area contributed by atoms with Gasteiger partial charge in [0.05, 0.1) is 6.61 Å². The first-order valence-electron chi connectivity index (χ1n) is 6.67. The van der Waals surface area contributed by atoms with E-state index in [0.29, 0.717) is 18.9 Å². The third kappa shape index (κ3) is 4.11. The van der Waals surface area contributed by atoms with Crippen LogP contribution in [0.25, 0.3) is 0 Å². The predicted octanol–water partition coefficient (Wildman–Crippen LogP) is 1.69. The van der Waals surface area contributed by atoms with E-state index in [-0.39, 0.29) is 18.4 Å². The van der Waals surface area contributed by atoms with Crippen molar-refractivity contribution in [2.45, 2.75) is 26.3 Å². The number of carbonyl (C=O) groups is 1. The standard InChI is InChI=1S/C16H19NO2/c1-12-9-15(12)16(19)17-11-14-7-4-6-13(10-14)5-2-3-8-18/h4,6-7,10,12,15,18H,3,8-9,11H2,1H3,(H,17,19). The van der Waals surface area contributed by atoms with Gasteiger partial charge in [0.15, 0.2) is 0 Å². The molecule has 2 atom stereocenters. The Labute approximate surface area is 114 Å². The van der Waals surface area contributed by atoms with Crippen molar-refractivity contribution >= 4 is 5.91 Å². The Balaban J connectivity index is 1.88. The summed E-state index contributed by atoms with van der Waals surface area (Å²) < 4.78 is 0. The molecule has 0 radical (unpaired) electrons. The Kier molecular flexibility index (Phi) is 4.59. The zero-order valence-electron chi connectivity index (χ0n) is 11.1. The van der Waals surface area contributed by atoms with Gasteiger partial charge in [-0.25, -0.2) is 0 Å². The molecule has 0 bridgehead atoms. The zero-order chi connectivity index (χ0) is 13.7. The summed E-state index contributed by atoms with van der Waals surface area (Å²) >= 11 is 0. The van der Waals surface area contributed by atoms with Gasteiger partial charge in [0.1, 0.15) is 0 Å². The minimum Gasteiger partial charge on any atom is -0.395 e. The Morgan fingerprint density at radius 1 is 1.53 bits per heavy atom. The van der Waals surface area contributed by atoms with Gasteiger partial charge >= 0.3 is 0 Å². The lowest BCUT2D eigenvalue weighted by Gasteiger charge is -2.05. The van der Waals surface area contributed by atoms with E-state index in [4.69, 9.17) is 5.11 Å². The van der Waals surface area contributed by atoms with Crippen LogP contribution in [0.5, 0.6) is 0 Å². The summed E-state index contributed by atoms with van der Waals surface area (Å²) in [7, 11) is 0. The second-order valence-electron chi connectivity index (χ2n) is 5.01. The summed E-state index contributed by atoms with van der Waals surface area (Å²) in [6.07, 6.45) is 1.50. The molecule has 0 aliphatic heterocycles. The fraction of sp³-hybridized carbons (Fsp3) is 0.438. The minimum atomic E-state index is 0.0856. The lowest BCUT2D eigenvalue weighted by molar-refractivity contribution is -0.122. The van der Waals surface area contributed by atoms with Gasteiger partial charge in [-0.2, -0.15) is 0 Å². The Morgan fingerprint density at radius 3 is 3.00 bits per heavy atom. The van der Waals surface area contributed by atoms with Gasteiger partial charge < -0.3 is 10.4 Å². The molecule has 0 heterocycles. The van der Waals surface area contributed by atoms with Crippen LogP contribution < -0.4 is 5.32 Å². The summed E-state index contributed by atoms with van der Waals surface area (Å²) in [5.74, 6) is 6.79. The molecular formula is C16H19NO2. The minimum absolute atomic E-state index is 0.0856. The van der Waals surface area contributed by atoms with Gasteiger partial charge in [0.25, 0.3) is 0 Å². The van der Waals surface area contributed by atoms with Gasteiger partial charge in [-0.3, -0.25) is 4.79 Å². The summed E-state index contributed by atoms with van der Waals surface area (Å²) in [6.45, 7) is 2.74. The summed E-state index contributed by atoms with van der Waals surface area (Å²) in [4.78, 5) is 11.7. The lowest BCUT2D eigenvalue weighted by Crippen LogP contribution is -2.24. The summed E-state index contributed by atoms with van der Waals surface area (Å²) in [6, 6.07) is 7.82. The van der Waals surface area contributed by atoms with E-state index in [1.54, 1.807) is 0 Å². The van der Waals surface area contributed by atoms with Crippen LogP contribution in [0.3, 0.4) is 0 Å². The summed E-state index contributed by atoms with van der Waals surface area (Å²) in [5.41, 5.74) is 1.97. The maximum Gasteiger partial charge on any atom is 0.223 e. The molecule has 2 rings (SSSR count). The molecule has 0 saturated heterocycles. The number of aliphatic hydroxyl groups is 1. The second-order valence-corrected chi connectivity index (χ2v) is 5.01. The van der Waals surface area contributed by atoms with Crippen molar-refractivity contribution < 1.29 is 9.90 Å². The molecule has 19 heavy (non-hydrogen) atoms. The molecule has 1 aliphatic rings. The molecule has 2 N–H and O–H groups in total. The maximum atomic E-state index is 11.7. The molecule has 3 heteroatoms. The normalized spacial score (nSPS) is 20.3. The molecule has 1 fully saturated rings. The largest absolute Gasteiger partial charge is 0.395 e. The van der Waals surface area contributed by atoms with Crippen molar-refractivity contribution in [3.8, 4) is 11.8 Å². The molecule has 2 unspecified atom stereocenters. The van der Waals surface area contributed by atoms with Crippen molar-refractivity contribution in [3.05, 3.63) is 35.4 Å². The highest BCUT2D eigenvalue weighted by atomic mass is 16.2. The molecule has 1 saturated carbocycles. The van der Waals surface area contributed by atoms with E-state index in [1.807, 2.05) is 24.3 Å². The predicted molar refractivity (Wildman–Crippen MR) is 74.1 cm³/mol. The highest BCUT2D eigenvalue weighted by Gasteiger charge is 2.38. The average molecular weight is 257 g/mol. The molecule has 0 aromatic heterocycles. The number of carbonyl (C=O) groups excluding carboxylic acids is 1. The van der Waals surface area contributed by atoms with E-state index in [2.05, 4.69) is 24.1 Å². The first-order valence-corrected chi connectivity index (χ1v) is 6.67. The molecular weight excluding hydrogens is 238 g/mol. The molecule has 1 aromatic carbocycles. The van der Waals surface area contributed by atoms with Crippen LogP contribution in [-0.2, 0) is 11.3 Å². The van der Waals surface area contributed by atoms with E-state index >= 15 is 0 Å². The van der Waals surface area contributed by atoms with Crippen LogP contribution in [-0.4, -0.2) is 17.6 Å². The Bertz CT molecular complexity index is 513. The topological polar surface area (TPSA) is 49.3 Å². The van der Waals surface area contributed by atoms with Gasteiger partial charge in [0.2, 0.25) is 5.91 Å². The highest BCUT2D eigenvalue weighted by Crippen LogP contribution is 2.37. The van der Waals surface area contributed by atoms with Crippen molar-refractivity contribution in [1.82, 2.24) is 5.32 Å². The van der Waals surface area contributed by atoms with E-state index in [9.17, 15) is 4.79 Å². The third-order valence-corrected chi connectivity index (χ3v) is 3.31. The van der Waals surface area contributed by atoms with Crippen molar-refractivity contribution in [2.24, 2.45) is 11.8 Å². The zero-order valence-corrected chi connectivity index (χ0v) is 11.1. The lowest BCUT2D eigenvalue weighted by atomic mass is 10.1. The molecule has 100 valence electrons. The van der Waals surface area contributed by atoms with Gasteiger partial charge in [-0.1, -0.05) is 30.9 Å². The van der Waals surface area contributed by atoms with Crippen LogP contribution in [0.4, 0.5) is 0 Å². The van der Waals surface area contributed by atoms with Gasteiger partial charge in [-0.05, 0) is 30.0 Å². The van der Waals surface area contributed by atoms with Crippen molar-refractivity contribution in [3.63, 3.8) is 0 Å². The Hall–Kier alpha value is -1.79. The van der Waals surface area contributed by atoms with Crippen LogP contribution >= 0.6 is 0 Å². The van der Waals surface area contributed by atoms with Gasteiger partial charge in [0, 0.05) is 24.4 Å². The van der Waals surface area contributed by atoms with Crippen molar-refractivity contribution in [1.29, 1.82) is 0 Å². The number of hydrogen-bond acceptors (Lipinski definition) is 2. The van der Waals surface area contributed by atoms with Crippen LogP contribution in [0.2, 0.25) is 0 Å². The highest BCUT2D eigenvalue weighted by molar-refractivity contribution is 5.81. The van der Waals surface area contributed by atoms with Crippen LogP contribution in [0.15, 0.2) is 24.3 Å². The number of benzene rings is 1. The molecule has 1 aromatic rings. The first-order chi connectivity index (χ1) is 9.20. The van der Waals surface area contributed by atoms with E-state index < -0.39 is 0 Å². The maximum absolute atomic E-state index is 11.7. The number of hydrogen-bond donors (Lipinski definition) is 2. The molecule has 1 amide bonds. The SMILES string of the molecule is CC1CC1C(=O)NCc1cccc(C#CCCO)c1. The number of rotatable bonds is 4.